The van der Waals surface area contributed by atoms with Gasteiger partial charge < -0.3 is 9.94 Å². The highest BCUT2D eigenvalue weighted by Gasteiger charge is 2.50. The summed E-state index contributed by atoms with van der Waals surface area (Å²) in [7, 11) is 0. The van der Waals surface area contributed by atoms with E-state index in [0.29, 0.717) is 6.61 Å². The molecule has 126 valence electrons. The molecule has 0 radical (unpaired) electrons. The van der Waals surface area contributed by atoms with Gasteiger partial charge in [0, 0.05) is 0 Å². The van der Waals surface area contributed by atoms with Crippen LogP contribution in [0.2, 0.25) is 0 Å². The molecule has 0 saturated carbocycles. The van der Waals surface area contributed by atoms with E-state index in [1.54, 1.807) is 0 Å². The highest BCUT2D eigenvalue weighted by Crippen LogP contribution is 2.40. The predicted octanol–water partition coefficient (Wildman–Crippen LogP) is 5.51. The normalized spacial score (nSPS) is 25.6. The van der Waals surface area contributed by atoms with E-state index in [0.717, 1.165) is 25.7 Å². The van der Waals surface area contributed by atoms with Gasteiger partial charge in [0.1, 0.15) is 5.72 Å². The second-order valence-electron chi connectivity index (χ2n) is 7.33. The molecule has 21 heavy (non-hydrogen) atoms. The molecule has 1 rings (SSSR count). The van der Waals surface area contributed by atoms with Crippen LogP contribution in [-0.2, 0) is 4.74 Å². The Kier molecular flexibility index (Phi) is 8.22. The summed E-state index contributed by atoms with van der Waals surface area (Å²) in [5, 5.41) is 12.2. The number of unbranched alkanes of at least 4 members (excludes halogenated alkanes) is 7. The van der Waals surface area contributed by atoms with Crippen molar-refractivity contribution in [2.45, 2.75) is 110 Å². The van der Waals surface area contributed by atoms with Gasteiger partial charge in [-0.3, -0.25) is 0 Å². The first-order chi connectivity index (χ1) is 9.98. The summed E-state index contributed by atoms with van der Waals surface area (Å²) in [5.41, 5.74) is -0.683. The van der Waals surface area contributed by atoms with Crippen LogP contribution in [0.5, 0.6) is 0 Å². The molecule has 0 aromatic carbocycles. The summed E-state index contributed by atoms with van der Waals surface area (Å²) < 4.78 is 6.13. The zero-order valence-electron chi connectivity index (χ0n) is 14.8. The molecule has 1 fully saturated rings. The van der Waals surface area contributed by atoms with Gasteiger partial charge >= 0.3 is 0 Å². The second kappa shape index (κ2) is 9.12. The molecule has 0 bridgehead atoms. The topological polar surface area (TPSA) is 32.7 Å². The van der Waals surface area contributed by atoms with Crippen molar-refractivity contribution in [1.82, 2.24) is 5.06 Å². The third kappa shape index (κ3) is 5.54. The fourth-order valence-electron chi connectivity index (χ4n) is 3.30. The summed E-state index contributed by atoms with van der Waals surface area (Å²) >= 11 is 0. The minimum absolute atomic E-state index is 0.256. The van der Waals surface area contributed by atoms with Crippen molar-refractivity contribution in [3.8, 4) is 0 Å². The summed E-state index contributed by atoms with van der Waals surface area (Å²) in [6, 6.07) is 0. The molecule has 3 nitrogen and oxygen atoms in total. The maximum absolute atomic E-state index is 10.6. The SMILES string of the molecule is CCCCCCCC1(CCCCCC)OCC(C)(C)N1O. The number of ether oxygens (including phenoxy) is 1. The average molecular weight is 299 g/mol. The largest absolute Gasteiger partial charge is 0.356 e. The Bertz CT molecular complexity index is 280. The fourth-order valence-corrected chi connectivity index (χ4v) is 3.30. The molecule has 1 unspecified atom stereocenters. The van der Waals surface area contributed by atoms with Crippen molar-refractivity contribution in [1.29, 1.82) is 0 Å². The van der Waals surface area contributed by atoms with Gasteiger partial charge in [-0.05, 0) is 39.5 Å². The first kappa shape index (κ1) is 18.9. The van der Waals surface area contributed by atoms with Gasteiger partial charge in [-0.15, -0.1) is 0 Å². The Morgan fingerprint density at radius 3 is 1.76 bits per heavy atom. The molecule has 0 aromatic heterocycles. The van der Waals surface area contributed by atoms with Crippen LogP contribution < -0.4 is 0 Å². The van der Waals surface area contributed by atoms with E-state index in [2.05, 4.69) is 27.7 Å². The average Bonchev–Trinajstić information content (AvgIpc) is 2.68. The molecule has 1 aliphatic heterocycles. The van der Waals surface area contributed by atoms with Crippen LogP contribution in [0.4, 0.5) is 0 Å². The van der Waals surface area contributed by atoms with Gasteiger partial charge in [-0.2, -0.15) is 5.06 Å². The van der Waals surface area contributed by atoms with Crippen LogP contribution in [0.25, 0.3) is 0 Å². The predicted molar refractivity (Wildman–Crippen MR) is 88.5 cm³/mol. The van der Waals surface area contributed by atoms with Crippen LogP contribution in [0.15, 0.2) is 0 Å². The van der Waals surface area contributed by atoms with E-state index >= 15 is 0 Å². The molecule has 1 saturated heterocycles. The van der Waals surface area contributed by atoms with Crippen molar-refractivity contribution >= 4 is 0 Å². The summed E-state index contributed by atoms with van der Waals surface area (Å²) in [5.74, 6) is 0. The Morgan fingerprint density at radius 2 is 1.33 bits per heavy atom. The van der Waals surface area contributed by atoms with Crippen molar-refractivity contribution in [3.63, 3.8) is 0 Å². The van der Waals surface area contributed by atoms with Gasteiger partial charge in [0.25, 0.3) is 0 Å². The third-order valence-electron chi connectivity index (χ3n) is 4.75. The monoisotopic (exact) mass is 299 g/mol. The number of nitrogens with zero attached hydrogens (tertiary/aromatic N) is 1. The Morgan fingerprint density at radius 1 is 0.857 bits per heavy atom. The first-order valence-corrected chi connectivity index (χ1v) is 9.11. The molecule has 1 heterocycles. The van der Waals surface area contributed by atoms with Crippen molar-refractivity contribution < 1.29 is 9.94 Å². The third-order valence-corrected chi connectivity index (χ3v) is 4.75. The van der Waals surface area contributed by atoms with Crippen molar-refractivity contribution in [3.05, 3.63) is 0 Å². The van der Waals surface area contributed by atoms with Crippen LogP contribution in [0, 0.1) is 0 Å². The fraction of sp³-hybridized carbons (Fsp3) is 1.00. The van der Waals surface area contributed by atoms with Crippen LogP contribution in [0.3, 0.4) is 0 Å². The van der Waals surface area contributed by atoms with Crippen molar-refractivity contribution in [2.75, 3.05) is 6.61 Å². The smallest absolute Gasteiger partial charge is 0.144 e. The molecule has 1 N–H and O–H groups in total. The lowest BCUT2D eigenvalue weighted by Gasteiger charge is -2.37. The molecule has 0 spiro atoms. The second-order valence-corrected chi connectivity index (χ2v) is 7.33. The minimum Gasteiger partial charge on any atom is -0.356 e. The van der Waals surface area contributed by atoms with Gasteiger partial charge in [0.05, 0.1) is 12.1 Å². The molecule has 1 atom stereocenters. The minimum atomic E-state index is -0.427. The highest BCUT2D eigenvalue weighted by molar-refractivity contribution is 4.93. The molecule has 0 amide bonds. The maximum atomic E-state index is 10.6. The van der Waals surface area contributed by atoms with Gasteiger partial charge in [-0.1, -0.05) is 58.8 Å². The van der Waals surface area contributed by atoms with Gasteiger partial charge in [0.2, 0.25) is 0 Å². The maximum Gasteiger partial charge on any atom is 0.144 e. The Labute approximate surface area is 132 Å². The zero-order valence-corrected chi connectivity index (χ0v) is 14.8. The van der Waals surface area contributed by atoms with E-state index in [-0.39, 0.29) is 5.54 Å². The summed E-state index contributed by atoms with van der Waals surface area (Å²) in [4.78, 5) is 0. The lowest BCUT2D eigenvalue weighted by atomic mass is 9.95. The lowest BCUT2D eigenvalue weighted by molar-refractivity contribution is -0.256. The van der Waals surface area contributed by atoms with E-state index in [1.807, 2.05) is 0 Å². The number of hydrogen-bond acceptors (Lipinski definition) is 3. The Hall–Kier alpha value is -0.120. The summed E-state index contributed by atoms with van der Waals surface area (Å²) in [6.07, 6.45) is 13.1. The van der Waals surface area contributed by atoms with Crippen LogP contribution in [0.1, 0.15) is 98.3 Å². The number of hydroxylamine groups is 2. The molecular formula is C18H37NO2. The lowest BCUT2D eigenvalue weighted by Crippen LogP contribution is -2.50. The summed E-state index contributed by atoms with van der Waals surface area (Å²) in [6.45, 7) is 9.24. The van der Waals surface area contributed by atoms with E-state index in [9.17, 15) is 5.21 Å². The zero-order chi connectivity index (χ0) is 15.8. The van der Waals surface area contributed by atoms with E-state index < -0.39 is 5.72 Å². The molecule has 3 heteroatoms. The van der Waals surface area contributed by atoms with Crippen LogP contribution in [-0.4, -0.2) is 28.1 Å². The van der Waals surface area contributed by atoms with Gasteiger partial charge in [0.15, 0.2) is 0 Å². The number of hydrogen-bond donors (Lipinski definition) is 1. The van der Waals surface area contributed by atoms with Crippen LogP contribution >= 0.6 is 0 Å². The Balaban J connectivity index is 2.50. The van der Waals surface area contributed by atoms with E-state index in [1.165, 1.54) is 50.0 Å². The first-order valence-electron chi connectivity index (χ1n) is 9.11. The molecule has 0 aromatic rings. The van der Waals surface area contributed by atoms with Gasteiger partial charge in [-0.25, -0.2) is 0 Å². The van der Waals surface area contributed by atoms with Crippen molar-refractivity contribution in [2.24, 2.45) is 0 Å². The molecule has 1 aliphatic rings. The molecular weight excluding hydrogens is 262 g/mol. The molecule has 0 aliphatic carbocycles. The van der Waals surface area contributed by atoms with E-state index in [4.69, 9.17) is 4.74 Å². The standard InChI is InChI=1S/C18H37NO2/c1-5-7-9-11-13-15-18(14-12-10-8-6-2)19(20)17(3,4)16-21-18/h20H,5-16H2,1-4H3. The quantitative estimate of drug-likeness (QED) is 0.510. The number of rotatable bonds is 11. The highest BCUT2D eigenvalue weighted by atomic mass is 16.6.